The molecule has 0 bridgehead atoms. The summed E-state index contributed by atoms with van der Waals surface area (Å²) in [7, 11) is 0.302. The molecule has 4 rings (SSSR count). The molecule has 0 aromatic heterocycles. The van der Waals surface area contributed by atoms with Gasteiger partial charge in [0.2, 0.25) is 0 Å². The highest BCUT2D eigenvalue weighted by molar-refractivity contribution is 6.76. The molecule has 0 aliphatic heterocycles. The Bertz CT molecular complexity index is 690. The molecule has 28 heavy (non-hydrogen) atoms. The number of aliphatic hydroxyl groups excluding tert-OH is 1. The zero-order valence-electron chi connectivity index (χ0n) is 18.6. The molecule has 0 saturated heterocycles. The number of aliphatic hydroxyl groups is 2. The van der Waals surface area contributed by atoms with Crippen molar-refractivity contribution in [3.63, 3.8) is 0 Å². The maximum absolute atomic E-state index is 12.4. The van der Waals surface area contributed by atoms with Gasteiger partial charge in [0.15, 0.2) is 0 Å². The van der Waals surface area contributed by atoms with Crippen LogP contribution in [0.15, 0.2) is 23.0 Å². The van der Waals surface area contributed by atoms with Gasteiger partial charge in [-0.2, -0.15) is 0 Å². The van der Waals surface area contributed by atoms with E-state index in [-0.39, 0.29) is 17.4 Å². The fourth-order valence-corrected chi connectivity index (χ4v) is 10.1. The van der Waals surface area contributed by atoms with Crippen molar-refractivity contribution in [2.45, 2.75) is 95.7 Å². The van der Waals surface area contributed by atoms with E-state index in [0.29, 0.717) is 11.8 Å². The van der Waals surface area contributed by atoms with Crippen molar-refractivity contribution in [2.75, 3.05) is 7.11 Å². The van der Waals surface area contributed by atoms with Gasteiger partial charge in [-0.3, -0.25) is 0 Å². The van der Waals surface area contributed by atoms with Crippen LogP contribution >= 0.6 is 0 Å². The maximum Gasteiger partial charge on any atom is 0.0959 e. The molecule has 0 spiro atoms. The third kappa shape index (κ3) is 3.14. The van der Waals surface area contributed by atoms with E-state index in [4.69, 9.17) is 4.74 Å². The minimum atomic E-state index is -1.48. The van der Waals surface area contributed by atoms with E-state index in [2.05, 4.69) is 32.6 Å². The van der Waals surface area contributed by atoms with Gasteiger partial charge in [0.25, 0.3) is 0 Å². The molecule has 4 aliphatic rings. The average Bonchev–Trinajstić information content (AvgIpc) is 2.95. The van der Waals surface area contributed by atoms with Crippen molar-refractivity contribution < 1.29 is 14.9 Å². The molecule has 0 radical (unpaired) electrons. The van der Waals surface area contributed by atoms with Gasteiger partial charge in [0.05, 0.1) is 24.6 Å². The average molecular weight is 405 g/mol. The van der Waals surface area contributed by atoms with Crippen LogP contribution in [0.25, 0.3) is 0 Å². The van der Waals surface area contributed by atoms with E-state index in [1.54, 1.807) is 7.11 Å². The largest absolute Gasteiger partial charge is 0.501 e. The van der Waals surface area contributed by atoms with E-state index < -0.39 is 13.7 Å². The lowest BCUT2D eigenvalue weighted by Gasteiger charge is -2.60. The second kappa shape index (κ2) is 6.99. The number of allylic oxidation sites excluding steroid dienone is 2. The van der Waals surface area contributed by atoms with Crippen molar-refractivity contribution in [3.8, 4) is 0 Å². The Hall–Kier alpha value is -0.583. The normalized spacial score (nSPS) is 43.2. The Labute approximate surface area is 172 Å². The van der Waals surface area contributed by atoms with E-state index in [9.17, 15) is 10.2 Å². The molecule has 4 heteroatoms. The first-order valence-corrected chi connectivity index (χ1v) is 15.2. The summed E-state index contributed by atoms with van der Waals surface area (Å²) in [5.41, 5.74) is 2.34. The Morgan fingerprint density at radius 1 is 1.21 bits per heavy atom. The minimum Gasteiger partial charge on any atom is -0.501 e. The molecular weight excluding hydrogens is 364 g/mol. The molecule has 0 amide bonds. The molecule has 0 aromatic rings. The number of rotatable bonds is 4. The first-order valence-electron chi connectivity index (χ1n) is 11.5. The Balaban J connectivity index is 1.79. The Morgan fingerprint density at radius 3 is 2.61 bits per heavy atom. The van der Waals surface area contributed by atoms with E-state index >= 15 is 0 Å². The number of ether oxygens (including phenoxy) is 1. The number of fused-ring (bicyclic) bond motifs is 4. The monoisotopic (exact) mass is 404 g/mol. The van der Waals surface area contributed by atoms with Crippen LogP contribution in [-0.2, 0) is 4.74 Å². The number of hydrogen-bond donors (Lipinski definition) is 2. The predicted molar refractivity (Wildman–Crippen MR) is 117 cm³/mol. The third-order valence-corrected chi connectivity index (χ3v) is 10.3. The lowest BCUT2D eigenvalue weighted by molar-refractivity contribution is -0.153. The van der Waals surface area contributed by atoms with Crippen LogP contribution < -0.4 is 0 Å². The lowest BCUT2D eigenvalue weighted by Crippen LogP contribution is -2.60. The van der Waals surface area contributed by atoms with Crippen LogP contribution in [0.1, 0.15) is 58.3 Å². The fraction of sp³-hybridized carbons (Fsp3) is 0.833. The third-order valence-electron chi connectivity index (χ3n) is 8.62. The zero-order valence-corrected chi connectivity index (χ0v) is 19.6. The summed E-state index contributed by atoms with van der Waals surface area (Å²) in [5.74, 6) is 2.48. The number of methoxy groups -OCH3 is 1. The van der Waals surface area contributed by atoms with Gasteiger partial charge in [-0.1, -0.05) is 37.7 Å². The fourth-order valence-electron chi connectivity index (χ4n) is 7.88. The van der Waals surface area contributed by atoms with Crippen LogP contribution in [0.3, 0.4) is 0 Å². The van der Waals surface area contributed by atoms with Gasteiger partial charge >= 0.3 is 0 Å². The number of hydrogen-bond acceptors (Lipinski definition) is 3. The molecule has 0 heterocycles. The summed E-state index contributed by atoms with van der Waals surface area (Å²) in [6.07, 6.45) is 10.1. The van der Waals surface area contributed by atoms with Gasteiger partial charge in [-0.25, -0.2) is 0 Å². The maximum atomic E-state index is 12.4. The smallest absolute Gasteiger partial charge is 0.0959 e. The van der Waals surface area contributed by atoms with Gasteiger partial charge in [0.1, 0.15) is 0 Å². The zero-order chi connectivity index (χ0) is 20.3. The molecule has 4 aliphatic carbocycles. The standard InChI is InChI=1S/C24H40O3Si/c1-6-23-14-24(26,15-28(3,4)5)22-18-10-8-17(27-2)13-16(18)7-9-19(22)20(23)11-12-21(23)25/h8,19-22,25-26H,6-7,9-15H2,1-5H3/t19?,20-,21-,22?,23-,24+/m0/s1. The van der Waals surface area contributed by atoms with Crippen molar-refractivity contribution >= 4 is 8.07 Å². The summed E-state index contributed by atoms with van der Waals surface area (Å²) in [5, 5.41) is 23.4. The lowest BCUT2D eigenvalue weighted by atomic mass is 9.48. The first kappa shape index (κ1) is 20.7. The summed E-state index contributed by atoms with van der Waals surface area (Å²) >= 11 is 0. The second-order valence-corrected chi connectivity index (χ2v) is 16.8. The molecule has 2 unspecified atom stereocenters. The van der Waals surface area contributed by atoms with Gasteiger partial charge < -0.3 is 14.9 Å². The Kier molecular flexibility index (Phi) is 5.16. The molecule has 2 fully saturated rings. The summed E-state index contributed by atoms with van der Waals surface area (Å²) in [6, 6.07) is 0.944. The van der Waals surface area contributed by atoms with E-state index in [0.717, 1.165) is 56.7 Å². The minimum absolute atomic E-state index is 0.0736. The quantitative estimate of drug-likeness (QED) is 0.495. The highest BCUT2D eigenvalue weighted by atomic mass is 28.3. The molecule has 2 N–H and O–H groups in total. The topological polar surface area (TPSA) is 49.7 Å². The first-order chi connectivity index (χ1) is 13.1. The molecule has 0 aromatic carbocycles. The van der Waals surface area contributed by atoms with E-state index in [1.807, 2.05) is 0 Å². The molecule has 158 valence electrons. The second-order valence-electron chi connectivity index (χ2n) is 11.4. The molecule has 6 atom stereocenters. The van der Waals surface area contributed by atoms with Crippen molar-refractivity contribution in [3.05, 3.63) is 23.0 Å². The van der Waals surface area contributed by atoms with Crippen molar-refractivity contribution in [2.24, 2.45) is 23.2 Å². The van der Waals surface area contributed by atoms with Crippen molar-refractivity contribution in [1.29, 1.82) is 0 Å². The van der Waals surface area contributed by atoms with Crippen LogP contribution in [0.4, 0.5) is 0 Å². The highest BCUT2D eigenvalue weighted by Gasteiger charge is 2.64. The van der Waals surface area contributed by atoms with Crippen LogP contribution in [-0.4, -0.2) is 37.1 Å². The summed E-state index contributed by atoms with van der Waals surface area (Å²) in [6.45, 7) is 9.41. The van der Waals surface area contributed by atoms with Crippen molar-refractivity contribution in [1.82, 2.24) is 0 Å². The van der Waals surface area contributed by atoms with Crippen LogP contribution in [0.5, 0.6) is 0 Å². The van der Waals surface area contributed by atoms with Gasteiger partial charge in [-0.05, 0) is 68.9 Å². The molecule has 2 saturated carbocycles. The SMILES string of the molecule is CC[C@]12C[C@@](O)(C[Si](C)(C)C)C3C4=C(CCC3[C@@H]1CC[C@@H]2O)CC(OC)=CC4. The summed E-state index contributed by atoms with van der Waals surface area (Å²) in [4.78, 5) is 0. The van der Waals surface area contributed by atoms with Crippen LogP contribution in [0, 0.1) is 23.2 Å². The van der Waals surface area contributed by atoms with Gasteiger partial charge in [-0.15, -0.1) is 0 Å². The molecular formula is C24H40O3Si. The molecule has 3 nitrogen and oxygen atoms in total. The van der Waals surface area contributed by atoms with Gasteiger partial charge in [0, 0.05) is 25.8 Å². The highest BCUT2D eigenvalue weighted by Crippen LogP contribution is 2.66. The summed E-state index contributed by atoms with van der Waals surface area (Å²) < 4.78 is 5.56. The van der Waals surface area contributed by atoms with E-state index in [1.165, 1.54) is 17.6 Å². The van der Waals surface area contributed by atoms with Crippen LogP contribution in [0.2, 0.25) is 25.7 Å². The Morgan fingerprint density at radius 2 is 1.96 bits per heavy atom. The predicted octanol–water partition coefficient (Wildman–Crippen LogP) is 5.27.